The van der Waals surface area contributed by atoms with E-state index < -0.39 is 6.04 Å². The molecule has 1 saturated heterocycles. The van der Waals surface area contributed by atoms with Crippen molar-refractivity contribution in [3.8, 4) is 0 Å². The van der Waals surface area contributed by atoms with Gasteiger partial charge >= 0.3 is 5.97 Å². The largest absolute Gasteiger partial charge is 0.461 e. The number of hydrogen-bond acceptors (Lipinski definition) is 4. The van der Waals surface area contributed by atoms with Gasteiger partial charge in [-0.2, -0.15) is 0 Å². The van der Waals surface area contributed by atoms with Crippen molar-refractivity contribution in [3.63, 3.8) is 0 Å². The van der Waals surface area contributed by atoms with Gasteiger partial charge in [0.05, 0.1) is 6.61 Å². The van der Waals surface area contributed by atoms with Crippen molar-refractivity contribution in [3.05, 3.63) is 0 Å². The molecule has 0 aliphatic carbocycles. The summed E-state index contributed by atoms with van der Waals surface area (Å²) in [6.45, 7) is 7.22. The van der Waals surface area contributed by atoms with Gasteiger partial charge in [-0.05, 0) is 31.6 Å². The van der Waals surface area contributed by atoms with E-state index in [0.29, 0.717) is 18.4 Å². The average molecular weight is 229 g/mol. The van der Waals surface area contributed by atoms with Crippen molar-refractivity contribution < 1.29 is 14.3 Å². The van der Waals surface area contributed by atoms with E-state index in [1.54, 1.807) is 0 Å². The zero-order valence-electron chi connectivity index (χ0n) is 10.4. The third-order valence-corrected chi connectivity index (χ3v) is 2.97. The standard InChI is InChI=1S/C12H23NO3/c1-8(2)6-10-4-5-15-7-11(13)12(14)16-9(10)3/h8-11H,4-7,13H2,1-3H3/t9-,10-,11-/m0/s1. The van der Waals surface area contributed by atoms with E-state index in [-0.39, 0.29) is 18.7 Å². The van der Waals surface area contributed by atoms with Gasteiger partial charge in [0.1, 0.15) is 12.1 Å². The Morgan fingerprint density at radius 1 is 1.50 bits per heavy atom. The fourth-order valence-corrected chi connectivity index (χ4v) is 2.03. The molecule has 0 amide bonds. The molecule has 0 unspecified atom stereocenters. The Morgan fingerprint density at radius 3 is 2.81 bits per heavy atom. The van der Waals surface area contributed by atoms with Gasteiger partial charge in [0.2, 0.25) is 0 Å². The van der Waals surface area contributed by atoms with E-state index in [4.69, 9.17) is 15.2 Å². The summed E-state index contributed by atoms with van der Waals surface area (Å²) in [6.07, 6.45) is 1.91. The van der Waals surface area contributed by atoms with Gasteiger partial charge in [0.15, 0.2) is 0 Å². The number of esters is 1. The highest BCUT2D eigenvalue weighted by atomic mass is 16.5. The van der Waals surface area contributed by atoms with Gasteiger partial charge < -0.3 is 15.2 Å². The van der Waals surface area contributed by atoms with E-state index in [1.807, 2.05) is 6.92 Å². The molecule has 1 aliphatic heterocycles. The highest BCUT2D eigenvalue weighted by Gasteiger charge is 2.26. The van der Waals surface area contributed by atoms with E-state index in [0.717, 1.165) is 12.8 Å². The van der Waals surface area contributed by atoms with Crippen LogP contribution in [-0.2, 0) is 14.3 Å². The molecule has 1 fully saturated rings. The maximum Gasteiger partial charge on any atom is 0.325 e. The summed E-state index contributed by atoms with van der Waals surface area (Å²) in [7, 11) is 0. The molecule has 1 heterocycles. The summed E-state index contributed by atoms with van der Waals surface area (Å²) < 4.78 is 10.7. The minimum atomic E-state index is -0.639. The predicted octanol–water partition coefficient (Wildman–Crippen LogP) is 1.33. The molecule has 4 nitrogen and oxygen atoms in total. The zero-order chi connectivity index (χ0) is 12.1. The van der Waals surface area contributed by atoms with E-state index in [2.05, 4.69) is 13.8 Å². The van der Waals surface area contributed by atoms with Gasteiger partial charge in [0.25, 0.3) is 0 Å². The number of hydrogen-bond donors (Lipinski definition) is 1. The van der Waals surface area contributed by atoms with Crippen molar-refractivity contribution in [1.82, 2.24) is 0 Å². The first kappa shape index (κ1) is 13.5. The molecule has 0 bridgehead atoms. The lowest BCUT2D eigenvalue weighted by molar-refractivity contribution is -0.152. The Kier molecular flexibility index (Phi) is 5.22. The van der Waals surface area contributed by atoms with Crippen LogP contribution in [0.3, 0.4) is 0 Å². The minimum absolute atomic E-state index is 0.0670. The molecule has 0 radical (unpaired) electrons. The minimum Gasteiger partial charge on any atom is -0.461 e. The number of carbonyl (C=O) groups excluding carboxylic acids is 1. The maximum atomic E-state index is 11.5. The van der Waals surface area contributed by atoms with E-state index in [1.165, 1.54) is 0 Å². The fraction of sp³-hybridized carbons (Fsp3) is 0.917. The van der Waals surface area contributed by atoms with Crippen LogP contribution in [0.15, 0.2) is 0 Å². The summed E-state index contributed by atoms with van der Waals surface area (Å²) in [6, 6.07) is -0.639. The molecule has 1 rings (SSSR count). The summed E-state index contributed by atoms with van der Waals surface area (Å²) in [5, 5.41) is 0. The Morgan fingerprint density at radius 2 is 2.19 bits per heavy atom. The molecule has 16 heavy (non-hydrogen) atoms. The quantitative estimate of drug-likeness (QED) is 0.726. The van der Waals surface area contributed by atoms with Crippen molar-refractivity contribution in [2.75, 3.05) is 13.2 Å². The van der Waals surface area contributed by atoms with Gasteiger partial charge in [-0.15, -0.1) is 0 Å². The number of carbonyl (C=O) groups is 1. The summed E-state index contributed by atoms with van der Waals surface area (Å²) in [5.41, 5.74) is 5.63. The van der Waals surface area contributed by atoms with Crippen molar-refractivity contribution in [1.29, 1.82) is 0 Å². The Balaban J connectivity index is 2.60. The number of nitrogens with two attached hydrogens (primary N) is 1. The lowest BCUT2D eigenvalue weighted by Gasteiger charge is -2.24. The van der Waals surface area contributed by atoms with Crippen LogP contribution in [-0.4, -0.2) is 31.3 Å². The molecule has 0 saturated carbocycles. The first-order valence-electron chi connectivity index (χ1n) is 6.04. The highest BCUT2D eigenvalue weighted by Crippen LogP contribution is 2.22. The molecule has 0 spiro atoms. The Hall–Kier alpha value is -0.610. The second-order valence-corrected chi connectivity index (χ2v) is 5.00. The third-order valence-electron chi connectivity index (χ3n) is 2.97. The van der Waals surface area contributed by atoms with Crippen LogP contribution in [0.25, 0.3) is 0 Å². The SMILES string of the molecule is CC(C)C[C@@H]1CCOC[C@H](N)C(=O)O[C@H]1C. The number of ether oxygens (including phenoxy) is 2. The second kappa shape index (κ2) is 6.21. The molecule has 3 atom stereocenters. The predicted molar refractivity (Wildman–Crippen MR) is 61.9 cm³/mol. The Bertz CT molecular complexity index is 230. The highest BCUT2D eigenvalue weighted by molar-refractivity contribution is 5.75. The molecule has 0 aromatic heterocycles. The van der Waals surface area contributed by atoms with Crippen LogP contribution in [0.4, 0.5) is 0 Å². The molecule has 0 aromatic carbocycles. The third kappa shape index (κ3) is 4.10. The van der Waals surface area contributed by atoms with Crippen LogP contribution in [0, 0.1) is 11.8 Å². The van der Waals surface area contributed by atoms with E-state index >= 15 is 0 Å². The fourth-order valence-electron chi connectivity index (χ4n) is 2.03. The number of cyclic esters (lactones) is 1. The Labute approximate surface area is 97.5 Å². The zero-order valence-corrected chi connectivity index (χ0v) is 10.4. The van der Waals surface area contributed by atoms with Gasteiger partial charge in [-0.3, -0.25) is 4.79 Å². The molecule has 94 valence electrons. The summed E-state index contributed by atoms with van der Waals surface area (Å²) in [4.78, 5) is 11.5. The smallest absolute Gasteiger partial charge is 0.325 e. The van der Waals surface area contributed by atoms with Crippen LogP contribution in [0.2, 0.25) is 0 Å². The molecular formula is C12H23NO3. The first-order valence-corrected chi connectivity index (χ1v) is 6.04. The number of rotatable bonds is 2. The van der Waals surface area contributed by atoms with Crippen LogP contribution in [0.5, 0.6) is 0 Å². The lowest BCUT2D eigenvalue weighted by atomic mass is 9.90. The average Bonchev–Trinajstić information content (AvgIpc) is 2.24. The van der Waals surface area contributed by atoms with E-state index in [9.17, 15) is 4.79 Å². The molecule has 0 aromatic rings. The monoisotopic (exact) mass is 229 g/mol. The molecule has 2 N–H and O–H groups in total. The lowest BCUT2D eigenvalue weighted by Crippen LogP contribution is -2.38. The second-order valence-electron chi connectivity index (χ2n) is 5.00. The van der Waals surface area contributed by atoms with Gasteiger partial charge in [-0.25, -0.2) is 0 Å². The van der Waals surface area contributed by atoms with Crippen molar-refractivity contribution in [2.24, 2.45) is 17.6 Å². The van der Waals surface area contributed by atoms with Crippen LogP contribution < -0.4 is 5.73 Å². The maximum absolute atomic E-state index is 11.5. The summed E-state index contributed by atoms with van der Waals surface area (Å²) >= 11 is 0. The van der Waals surface area contributed by atoms with Crippen LogP contribution in [0.1, 0.15) is 33.6 Å². The topological polar surface area (TPSA) is 61.5 Å². The van der Waals surface area contributed by atoms with Crippen molar-refractivity contribution in [2.45, 2.75) is 45.8 Å². The van der Waals surface area contributed by atoms with Gasteiger partial charge in [0, 0.05) is 6.61 Å². The van der Waals surface area contributed by atoms with Gasteiger partial charge in [-0.1, -0.05) is 13.8 Å². The van der Waals surface area contributed by atoms with Crippen molar-refractivity contribution >= 4 is 5.97 Å². The molecular weight excluding hydrogens is 206 g/mol. The molecule has 4 heteroatoms. The normalized spacial score (nSPS) is 32.8. The van der Waals surface area contributed by atoms with Crippen LogP contribution >= 0.6 is 0 Å². The summed E-state index contributed by atoms with van der Waals surface area (Å²) in [5.74, 6) is 0.623. The first-order chi connectivity index (χ1) is 7.50. The molecule has 1 aliphatic rings.